The number of amides is 1. The van der Waals surface area contributed by atoms with Crippen molar-refractivity contribution in [2.75, 3.05) is 13.7 Å². The van der Waals surface area contributed by atoms with E-state index in [0.29, 0.717) is 0 Å². The number of carbonyl (C=O) groups excluding carboxylic acids is 2. The molecule has 0 saturated carbocycles. The van der Waals surface area contributed by atoms with Gasteiger partial charge in [0.25, 0.3) is 0 Å². The molecule has 20 nitrogen and oxygen atoms in total. The standard InChI is InChI=1S/C63H85NO19/c1-37-22-16-14-12-10-8-6-7-9-11-13-15-17-23-44(82-61-59(74)56(58(73)40(4)81-61)64-62(77)79-36-49-47-26-20-18-24-45(47)46-25-19-21-27-48(46)49)33-53-55(60(75)76)52(70)35-63(78-5,83-53)34-43(67)31-51(69)50(68)29-28-41(65)30-42(66)32-54(71)80-39(3)38(2)57(37)72/h6-27,37-44,49-53,55-59,61,65-70,72-74H,28-36H2,1-5H3,(H,64,77)(H,75,76)/b7-6+,10-8+,11-9-,14-12+,15-13-,22-16+,23-17-/t37-,38-,39-,40+,41+,42+,43-,44-,50+,51+,52-,53-,55+,56-,57+,58+,59-,61-,63+/m0/s1. The first-order valence-electron chi connectivity index (χ1n) is 28.5. The van der Waals surface area contributed by atoms with Crippen LogP contribution in [0.1, 0.15) is 96.1 Å². The fraction of sp³-hybridized carbons (Fsp3) is 0.540. The van der Waals surface area contributed by atoms with Crippen LogP contribution < -0.4 is 5.32 Å². The molecule has 2 aromatic rings. The Morgan fingerprint density at radius 1 is 0.639 bits per heavy atom. The van der Waals surface area contributed by atoms with Gasteiger partial charge in [-0.05, 0) is 55.4 Å². The first-order chi connectivity index (χ1) is 39.6. The van der Waals surface area contributed by atoms with E-state index < -0.39 is 153 Å². The Hall–Kier alpha value is -5.69. The maximum Gasteiger partial charge on any atom is 0.407 e. The van der Waals surface area contributed by atoms with Gasteiger partial charge in [-0.25, -0.2) is 4.79 Å². The molecule has 11 N–H and O–H groups in total. The third kappa shape index (κ3) is 18.9. The van der Waals surface area contributed by atoms with Gasteiger partial charge < -0.3 is 84.8 Å². The molecule has 2 aromatic carbocycles. The zero-order chi connectivity index (χ0) is 60.4. The summed E-state index contributed by atoms with van der Waals surface area (Å²) in [7, 11) is 1.24. The fourth-order valence-electron chi connectivity index (χ4n) is 11.1. The van der Waals surface area contributed by atoms with Crippen molar-refractivity contribution in [2.45, 2.75) is 182 Å². The number of alkyl carbamates (subject to hydrolysis) is 1. The molecule has 2 fully saturated rings. The molecule has 0 unspecified atom stereocenters. The minimum atomic E-state index is -1.86. The first-order valence-corrected chi connectivity index (χ1v) is 28.5. The molecule has 3 aliphatic heterocycles. The third-order valence-electron chi connectivity index (χ3n) is 15.9. The summed E-state index contributed by atoms with van der Waals surface area (Å²) < 4.78 is 35.8. The van der Waals surface area contributed by atoms with E-state index in [1.807, 2.05) is 73.7 Å². The molecule has 1 aliphatic carbocycles. The van der Waals surface area contributed by atoms with Gasteiger partial charge in [0.05, 0.1) is 73.5 Å². The zero-order valence-electron chi connectivity index (χ0n) is 47.7. The summed E-state index contributed by atoms with van der Waals surface area (Å²) in [5.41, 5.74) is 4.02. The molecule has 0 radical (unpaired) electrons. The number of carboxylic acids is 1. The Kier molecular flexibility index (Phi) is 25.6. The topological polar surface area (TPSA) is 321 Å². The van der Waals surface area contributed by atoms with Gasteiger partial charge in [-0.3, -0.25) is 9.59 Å². The van der Waals surface area contributed by atoms with Crippen molar-refractivity contribution in [2.24, 2.45) is 17.8 Å². The molecular formula is C63H85NO19. The SMILES string of the molecule is CO[C@]12C[C@@H](O)C[C@@H](O)[C@H](O)CC[C@@H](O)C[C@@H](O)CC(=O)O[C@@H](C)[C@H](C)[C@H](O)[C@@H](C)/C=C/C=C/C=C/C=C/C=C\C=C/C=C\[C@H](O[C@@H]3O[C@H](C)[C@@H](O)[C@H](NC(=O)OCC4c5ccccc5-c5ccccc54)[C@@H]3O)C[C@H](O1)[C@H](C(=O)O)[C@@H](O)C2. The number of hydrogen-bond acceptors (Lipinski definition) is 18. The van der Waals surface area contributed by atoms with Crippen LogP contribution in [0.15, 0.2) is 134 Å². The minimum Gasteiger partial charge on any atom is -0.481 e. The maximum absolute atomic E-state index is 13.5. The number of methoxy groups -OCH3 is 1. The van der Waals surface area contributed by atoms with Crippen LogP contribution in [0.3, 0.4) is 0 Å². The second kappa shape index (κ2) is 32.0. The third-order valence-corrected chi connectivity index (χ3v) is 15.9. The summed E-state index contributed by atoms with van der Waals surface area (Å²) in [6, 6.07) is 14.3. The molecule has 20 heteroatoms. The van der Waals surface area contributed by atoms with E-state index in [1.165, 1.54) is 20.1 Å². The number of fused-ring (bicyclic) bond motifs is 5. The number of allylic oxidation sites excluding steroid dienone is 12. The van der Waals surface area contributed by atoms with Crippen molar-refractivity contribution in [1.29, 1.82) is 0 Å². The Bertz CT molecular complexity index is 2570. The average Bonchev–Trinajstić information content (AvgIpc) is 3.88. The van der Waals surface area contributed by atoms with Crippen molar-refractivity contribution < 1.29 is 93.9 Å². The van der Waals surface area contributed by atoms with Crippen molar-refractivity contribution in [1.82, 2.24) is 5.32 Å². The van der Waals surface area contributed by atoms with E-state index in [4.69, 9.17) is 28.4 Å². The highest BCUT2D eigenvalue weighted by Gasteiger charge is 2.52. The van der Waals surface area contributed by atoms with E-state index in [-0.39, 0.29) is 44.1 Å². The Morgan fingerprint density at radius 2 is 1.22 bits per heavy atom. The second-order valence-electron chi connectivity index (χ2n) is 22.2. The van der Waals surface area contributed by atoms with Crippen LogP contribution in [-0.2, 0) is 38.0 Å². The number of benzene rings is 2. The molecule has 2 bridgehead atoms. The summed E-state index contributed by atoms with van der Waals surface area (Å²) in [6.07, 6.45) is 2.37. The molecule has 3 heterocycles. The van der Waals surface area contributed by atoms with E-state index in [2.05, 4.69) is 5.32 Å². The maximum atomic E-state index is 13.5. The number of aliphatic hydroxyl groups is 9. The van der Waals surface area contributed by atoms with Gasteiger partial charge in [-0.2, -0.15) is 0 Å². The van der Waals surface area contributed by atoms with Crippen molar-refractivity contribution in [3.05, 3.63) is 145 Å². The number of esters is 1. The van der Waals surface area contributed by atoms with Gasteiger partial charge in [0.2, 0.25) is 0 Å². The molecule has 19 atom stereocenters. The van der Waals surface area contributed by atoms with Crippen LogP contribution in [0.2, 0.25) is 0 Å². The number of carbonyl (C=O) groups is 3. The van der Waals surface area contributed by atoms with Gasteiger partial charge in [-0.1, -0.05) is 147 Å². The predicted octanol–water partition coefficient (Wildman–Crippen LogP) is 4.95. The van der Waals surface area contributed by atoms with Gasteiger partial charge in [0.1, 0.15) is 30.8 Å². The molecule has 0 spiro atoms. The molecule has 1 amide bonds. The largest absolute Gasteiger partial charge is 0.481 e. The smallest absolute Gasteiger partial charge is 0.407 e. The molecule has 0 aromatic heterocycles. The number of aliphatic hydroxyl groups excluding tert-OH is 9. The number of cyclic esters (lactones) is 1. The fourth-order valence-corrected chi connectivity index (χ4v) is 11.1. The van der Waals surface area contributed by atoms with E-state index in [1.54, 1.807) is 74.6 Å². The number of ether oxygens (including phenoxy) is 6. The van der Waals surface area contributed by atoms with Crippen LogP contribution in [0.25, 0.3) is 11.1 Å². The Balaban J connectivity index is 1.21. The van der Waals surface area contributed by atoms with E-state index in [9.17, 15) is 65.4 Å². The Labute approximate surface area is 485 Å². The van der Waals surface area contributed by atoms with Crippen molar-refractivity contribution in [3.8, 4) is 11.1 Å². The average molecular weight is 1160 g/mol. The van der Waals surface area contributed by atoms with Gasteiger partial charge in [0.15, 0.2) is 12.1 Å². The summed E-state index contributed by atoms with van der Waals surface area (Å²) >= 11 is 0. The molecule has 83 heavy (non-hydrogen) atoms. The monoisotopic (exact) mass is 1160 g/mol. The highest BCUT2D eigenvalue weighted by Crippen LogP contribution is 2.45. The summed E-state index contributed by atoms with van der Waals surface area (Å²) in [4.78, 5) is 39.2. The first kappa shape index (κ1) is 66.4. The quantitative estimate of drug-likeness (QED) is 0.164. The summed E-state index contributed by atoms with van der Waals surface area (Å²) in [5.74, 6) is -6.63. The normalized spacial score (nSPS) is 38.6. The molecule has 2 saturated heterocycles. The zero-order valence-corrected chi connectivity index (χ0v) is 47.7. The van der Waals surface area contributed by atoms with E-state index >= 15 is 0 Å². The number of carboxylic acid groups (broad SMARTS) is 1. The number of nitrogens with one attached hydrogen (secondary N) is 1. The lowest BCUT2D eigenvalue weighted by Crippen LogP contribution is -2.64. The lowest BCUT2D eigenvalue weighted by molar-refractivity contribution is -0.317. The molecule has 456 valence electrons. The van der Waals surface area contributed by atoms with Gasteiger partial charge in [0, 0.05) is 50.5 Å². The molecular weight excluding hydrogens is 1070 g/mol. The van der Waals surface area contributed by atoms with E-state index in [0.717, 1.165) is 22.3 Å². The molecule has 4 aliphatic rings. The molecule has 6 rings (SSSR count). The van der Waals surface area contributed by atoms with Gasteiger partial charge >= 0.3 is 18.0 Å². The predicted molar refractivity (Wildman–Crippen MR) is 306 cm³/mol. The van der Waals surface area contributed by atoms with Crippen LogP contribution in [0, 0.1) is 17.8 Å². The van der Waals surface area contributed by atoms with Crippen LogP contribution in [0.4, 0.5) is 4.79 Å². The lowest BCUT2D eigenvalue weighted by atomic mass is 9.82. The van der Waals surface area contributed by atoms with Crippen molar-refractivity contribution >= 4 is 18.0 Å². The number of hydrogen-bond donors (Lipinski definition) is 11. The second-order valence-corrected chi connectivity index (χ2v) is 22.2. The van der Waals surface area contributed by atoms with Gasteiger partial charge in [-0.15, -0.1) is 0 Å². The highest BCUT2D eigenvalue weighted by atomic mass is 16.7. The van der Waals surface area contributed by atoms with Crippen molar-refractivity contribution in [3.63, 3.8) is 0 Å². The van der Waals surface area contributed by atoms with Crippen LogP contribution in [0.5, 0.6) is 0 Å². The summed E-state index contributed by atoms with van der Waals surface area (Å²) in [5, 5.41) is 113. The Morgan fingerprint density at radius 3 is 1.81 bits per heavy atom. The number of rotatable bonds is 7. The van der Waals surface area contributed by atoms with Crippen LogP contribution in [-0.4, -0.2) is 180 Å². The minimum absolute atomic E-state index is 0.0457. The lowest BCUT2D eigenvalue weighted by Gasteiger charge is -2.47. The number of aliphatic carboxylic acids is 1. The highest BCUT2D eigenvalue weighted by molar-refractivity contribution is 5.79. The summed E-state index contributed by atoms with van der Waals surface area (Å²) in [6.45, 7) is 6.69. The van der Waals surface area contributed by atoms with Crippen LogP contribution >= 0.6 is 0 Å².